The Morgan fingerprint density at radius 2 is 1.95 bits per heavy atom. The summed E-state index contributed by atoms with van der Waals surface area (Å²) < 4.78 is 0. The smallest absolute Gasteiger partial charge is 0.228 e. The Morgan fingerprint density at radius 1 is 1.10 bits per heavy atom. The van der Waals surface area contributed by atoms with Crippen LogP contribution in [0, 0.1) is 0 Å². The molecule has 0 aliphatic carbocycles. The standard InChI is InChI=1S/C15H13N5O/c21-14(9-11-5-2-1-3-6-11)16-13-8-4-7-12(10-13)15-17-19-20-18-15/h1-8,10H,9H2,(H,16,21)(H,17,18,19,20). The second-order valence-electron chi connectivity index (χ2n) is 4.53. The van der Waals surface area contributed by atoms with Crippen LogP contribution in [0.15, 0.2) is 54.6 Å². The molecule has 0 bridgehead atoms. The van der Waals surface area contributed by atoms with E-state index in [0.29, 0.717) is 17.9 Å². The second kappa shape index (κ2) is 5.96. The van der Waals surface area contributed by atoms with Crippen LogP contribution in [0.5, 0.6) is 0 Å². The molecule has 0 radical (unpaired) electrons. The van der Waals surface area contributed by atoms with Gasteiger partial charge in [0.15, 0.2) is 0 Å². The molecule has 3 rings (SSSR count). The maximum Gasteiger partial charge on any atom is 0.228 e. The number of nitrogens with zero attached hydrogens (tertiary/aromatic N) is 3. The molecule has 0 unspecified atom stereocenters. The zero-order chi connectivity index (χ0) is 14.5. The first-order valence-electron chi connectivity index (χ1n) is 6.49. The molecule has 2 N–H and O–H groups in total. The number of aromatic nitrogens is 4. The average Bonchev–Trinajstić information content (AvgIpc) is 3.02. The van der Waals surface area contributed by atoms with Crippen LogP contribution < -0.4 is 5.32 Å². The van der Waals surface area contributed by atoms with Crippen LogP contribution in [0.3, 0.4) is 0 Å². The predicted octanol–water partition coefficient (Wildman–Crippen LogP) is 2.05. The Hall–Kier alpha value is -3.02. The number of benzene rings is 2. The van der Waals surface area contributed by atoms with Gasteiger partial charge in [0, 0.05) is 11.3 Å². The molecule has 1 aromatic heterocycles. The lowest BCUT2D eigenvalue weighted by atomic mass is 10.1. The van der Waals surface area contributed by atoms with Crippen LogP contribution in [-0.2, 0) is 11.2 Å². The van der Waals surface area contributed by atoms with Gasteiger partial charge in [-0.1, -0.05) is 42.5 Å². The Morgan fingerprint density at radius 3 is 2.71 bits per heavy atom. The molecule has 0 saturated carbocycles. The van der Waals surface area contributed by atoms with Gasteiger partial charge in [-0.3, -0.25) is 4.79 Å². The van der Waals surface area contributed by atoms with Gasteiger partial charge in [-0.25, -0.2) is 0 Å². The summed E-state index contributed by atoms with van der Waals surface area (Å²) in [6.45, 7) is 0. The normalized spacial score (nSPS) is 10.3. The van der Waals surface area contributed by atoms with Gasteiger partial charge >= 0.3 is 0 Å². The number of tetrazole rings is 1. The summed E-state index contributed by atoms with van der Waals surface area (Å²) in [6.07, 6.45) is 0.341. The number of anilines is 1. The van der Waals surface area contributed by atoms with Crippen molar-refractivity contribution in [1.29, 1.82) is 0 Å². The molecule has 0 spiro atoms. The molecule has 0 aliphatic heterocycles. The maximum atomic E-state index is 12.0. The van der Waals surface area contributed by atoms with Crippen molar-refractivity contribution in [1.82, 2.24) is 20.6 Å². The van der Waals surface area contributed by atoms with E-state index in [4.69, 9.17) is 0 Å². The van der Waals surface area contributed by atoms with E-state index in [1.54, 1.807) is 0 Å². The van der Waals surface area contributed by atoms with E-state index in [9.17, 15) is 4.79 Å². The van der Waals surface area contributed by atoms with Gasteiger partial charge in [0.05, 0.1) is 6.42 Å². The van der Waals surface area contributed by atoms with Crippen LogP contribution in [-0.4, -0.2) is 26.5 Å². The number of H-pyrrole nitrogens is 1. The van der Waals surface area contributed by atoms with Crippen molar-refractivity contribution < 1.29 is 4.79 Å². The van der Waals surface area contributed by atoms with Gasteiger partial charge in [-0.2, -0.15) is 5.21 Å². The van der Waals surface area contributed by atoms with E-state index in [-0.39, 0.29) is 5.91 Å². The molecule has 2 aromatic carbocycles. The summed E-state index contributed by atoms with van der Waals surface area (Å²) >= 11 is 0. The third-order valence-electron chi connectivity index (χ3n) is 2.96. The fourth-order valence-corrected chi connectivity index (χ4v) is 2.01. The molecule has 0 fully saturated rings. The number of hydrogen-bond donors (Lipinski definition) is 2. The molecule has 3 aromatic rings. The quantitative estimate of drug-likeness (QED) is 0.765. The molecular weight excluding hydrogens is 266 g/mol. The molecule has 0 atom stereocenters. The highest BCUT2D eigenvalue weighted by Gasteiger charge is 2.07. The zero-order valence-corrected chi connectivity index (χ0v) is 11.2. The first kappa shape index (κ1) is 13.0. The van der Waals surface area contributed by atoms with Crippen molar-refractivity contribution in [3.8, 4) is 11.4 Å². The third kappa shape index (κ3) is 3.30. The summed E-state index contributed by atoms with van der Waals surface area (Å²) in [4.78, 5) is 12.0. The van der Waals surface area contributed by atoms with E-state index < -0.39 is 0 Å². The number of nitrogens with one attached hydrogen (secondary N) is 2. The minimum absolute atomic E-state index is 0.0635. The predicted molar refractivity (Wildman–Crippen MR) is 78.4 cm³/mol. The molecule has 21 heavy (non-hydrogen) atoms. The molecule has 1 amide bonds. The van der Waals surface area contributed by atoms with Crippen molar-refractivity contribution in [2.45, 2.75) is 6.42 Å². The van der Waals surface area contributed by atoms with Crippen molar-refractivity contribution in [2.24, 2.45) is 0 Å². The molecular formula is C15H13N5O. The Balaban J connectivity index is 1.70. The van der Waals surface area contributed by atoms with E-state index >= 15 is 0 Å². The van der Waals surface area contributed by atoms with Gasteiger partial charge < -0.3 is 5.32 Å². The van der Waals surface area contributed by atoms with Gasteiger partial charge in [0.2, 0.25) is 11.7 Å². The summed E-state index contributed by atoms with van der Waals surface area (Å²) in [6, 6.07) is 16.9. The highest BCUT2D eigenvalue weighted by Crippen LogP contribution is 2.18. The fraction of sp³-hybridized carbons (Fsp3) is 0.0667. The fourth-order valence-electron chi connectivity index (χ4n) is 2.01. The largest absolute Gasteiger partial charge is 0.326 e. The minimum atomic E-state index is -0.0635. The molecule has 6 nitrogen and oxygen atoms in total. The van der Waals surface area contributed by atoms with Gasteiger partial charge in [0.25, 0.3) is 0 Å². The summed E-state index contributed by atoms with van der Waals surface area (Å²) in [5.74, 6) is 0.431. The number of aromatic amines is 1. The lowest BCUT2D eigenvalue weighted by Crippen LogP contribution is -2.14. The molecule has 1 heterocycles. The van der Waals surface area contributed by atoms with E-state index in [2.05, 4.69) is 25.9 Å². The van der Waals surface area contributed by atoms with Gasteiger partial charge in [-0.15, -0.1) is 10.2 Å². The number of carbonyl (C=O) groups is 1. The van der Waals surface area contributed by atoms with Gasteiger partial charge in [0.1, 0.15) is 0 Å². The summed E-state index contributed by atoms with van der Waals surface area (Å²) in [5.41, 5.74) is 2.48. The highest BCUT2D eigenvalue weighted by molar-refractivity contribution is 5.92. The SMILES string of the molecule is O=C(Cc1ccccc1)Nc1cccc(-c2nn[nH]n2)c1. The Kier molecular flexibility index (Phi) is 3.68. The molecule has 0 saturated heterocycles. The molecule has 104 valence electrons. The van der Waals surface area contributed by atoms with Crippen molar-refractivity contribution in [3.63, 3.8) is 0 Å². The Labute approximate surface area is 121 Å². The van der Waals surface area contributed by atoms with Crippen LogP contribution in [0.4, 0.5) is 5.69 Å². The number of carbonyl (C=O) groups excluding carboxylic acids is 1. The second-order valence-corrected chi connectivity index (χ2v) is 4.53. The first-order chi connectivity index (χ1) is 10.3. The van der Waals surface area contributed by atoms with Crippen molar-refractivity contribution in [2.75, 3.05) is 5.32 Å². The third-order valence-corrected chi connectivity index (χ3v) is 2.96. The zero-order valence-electron chi connectivity index (χ0n) is 11.2. The summed E-state index contributed by atoms with van der Waals surface area (Å²) in [7, 11) is 0. The Bertz CT molecular complexity index is 725. The number of amides is 1. The number of rotatable bonds is 4. The first-order valence-corrected chi connectivity index (χ1v) is 6.49. The van der Waals surface area contributed by atoms with Crippen molar-refractivity contribution in [3.05, 3.63) is 60.2 Å². The van der Waals surface area contributed by atoms with Crippen LogP contribution in [0.25, 0.3) is 11.4 Å². The topological polar surface area (TPSA) is 83.6 Å². The van der Waals surface area contributed by atoms with Gasteiger partial charge in [-0.05, 0) is 22.9 Å². The summed E-state index contributed by atoms with van der Waals surface area (Å²) in [5, 5.41) is 16.6. The lowest BCUT2D eigenvalue weighted by molar-refractivity contribution is -0.115. The monoisotopic (exact) mass is 279 g/mol. The minimum Gasteiger partial charge on any atom is -0.326 e. The van der Waals surface area contributed by atoms with Crippen LogP contribution in [0.2, 0.25) is 0 Å². The van der Waals surface area contributed by atoms with E-state index in [1.165, 1.54) is 0 Å². The maximum absolute atomic E-state index is 12.0. The van der Waals surface area contributed by atoms with Crippen LogP contribution >= 0.6 is 0 Å². The number of hydrogen-bond acceptors (Lipinski definition) is 4. The van der Waals surface area contributed by atoms with E-state index in [1.807, 2.05) is 54.6 Å². The molecule has 6 heteroatoms. The van der Waals surface area contributed by atoms with Crippen molar-refractivity contribution >= 4 is 11.6 Å². The van der Waals surface area contributed by atoms with Crippen LogP contribution in [0.1, 0.15) is 5.56 Å². The lowest BCUT2D eigenvalue weighted by Gasteiger charge is -2.06. The highest BCUT2D eigenvalue weighted by atomic mass is 16.1. The molecule has 0 aliphatic rings. The average molecular weight is 279 g/mol. The van der Waals surface area contributed by atoms with E-state index in [0.717, 1.165) is 11.1 Å².